The second kappa shape index (κ2) is 10.9. The van der Waals surface area contributed by atoms with Gasteiger partial charge in [0.1, 0.15) is 0 Å². The third kappa shape index (κ3) is 8.44. The fourth-order valence-corrected chi connectivity index (χ4v) is 1.20. The van der Waals surface area contributed by atoms with Crippen LogP contribution in [0.1, 0.15) is 13.3 Å². The molecule has 0 unspecified atom stereocenters. The number of methoxy groups -OCH3 is 1. The van der Waals surface area contributed by atoms with Crippen molar-refractivity contribution in [2.24, 2.45) is 0 Å². The SMILES string of the molecule is CCN(CCO)CCCOCCOC. The summed E-state index contributed by atoms with van der Waals surface area (Å²) in [5.74, 6) is 0. The monoisotopic (exact) mass is 205 g/mol. The summed E-state index contributed by atoms with van der Waals surface area (Å²) in [5, 5.41) is 8.75. The summed E-state index contributed by atoms with van der Waals surface area (Å²) in [5.41, 5.74) is 0. The van der Waals surface area contributed by atoms with Gasteiger partial charge in [-0.25, -0.2) is 0 Å². The van der Waals surface area contributed by atoms with Gasteiger partial charge in [-0.15, -0.1) is 0 Å². The van der Waals surface area contributed by atoms with Gasteiger partial charge >= 0.3 is 0 Å². The van der Waals surface area contributed by atoms with E-state index in [9.17, 15) is 0 Å². The van der Waals surface area contributed by atoms with Gasteiger partial charge in [0, 0.05) is 26.8 Å². The molecule has 0 saturated heterocycles. The normalized spacial score (nSPS) is 11.1. The third-order valence-electron chi connectivity index (χ3n) is 2.06. The van der Waals surface area contributed by atoms with Crippen LogP contribution in [-0.4, -0.2) is 63.2 Å². The van der Waals surface area contributed by atoms with Crippen LogP contribution in [0.25, 0.3) is 0 Å². The lowest BCUT2D eigenvalue weighted by Crippen LogP contribution is -2.28. The summed E-state index contributed by atoms with van der Waals surface area (Å²) >= 11 is 0. The molecular formula is C10H23NO3. The van der Waals surface area contributed by atoms with Crippen molar-refractivity contribution in [3.63, 3.8) is 0 Å². The average molecular weight is 205 g/mol. The molecule has 1 N–H and O–H groups in total. The highest BCUT2D eigenvalue weighted by molar-refractivity contribution is 4.53. The van der Waals surface area contributed by atoms with Crippen LogP contribution in [0, 0.1) is 0 Å². The van der Waals surface area contributed by atoms with Crippen LogP contribution in [-0.2, 0) is 9.47 Å². The quantitative estimate of drug-likeness (QED) is 0.523. The van der Waals surface area contributed by atoms with Gasteiger partial charge in [-0.1, -0.05) is 6.92 Å². The highest BCUT2D eigenvalue weighted by Crippen LogP contribution is 1.91. The van der Waals surface area contributed by atoms with Gasteiger partial charge in [-0.3, -0.25) is 0 Å². The molecule has 0 aliphatic heterocycles. The van der Waals surface area contributed by atoms with Gasteiger partial charge in [-0.2, -0.15) is 0 Å². The van der Waals surface area contributed by atoms with Gasteiger partial charge in [0.15, 0.2) is 0 Å². The molecule has 0 radical (unpaired) electrons. The van der Waals surface area contributed by atoms with Gasteiger partial charge in [-0.05, 0) is 13.0 Å². The molecule has 0 rings (SSSR count). The maximum atomic E-state index is 8.75. The molecule has 0 bridgehead atoms. The first-order valence-electron chi connectivity index (χ1n) is 5.25. The van der Waals surface area contributed by atoms with Crippen molar-refractivity contribution in [3.05, 3.63) is 0 Å². The number of hydrogen-bond donors (Lipinski definition) is 1. The maximum Gasteiger partial charge on any atom is 0.0700 e. The van der Waals surface area contributed by atoms with Crippen LogP contribution in [0.2, 0.25) is 0 Å². The van der Waals surface area contributed by atoms with E-state index in [4.69, 9.17) is 14.6 Å². The Labute approximate surface area is 86.8 Å². The zero-order chi connectivity index (χ0) is 10.6. The standard InChI is InChI=1S/C10H23NO3/c1-3-11(6-7-12)5-4-8-14-10-9-13-2/h12H,3-10H2,1-2H3. The van der Waals surface area contributed by atoms with Gasteiger partial charge in [0.05, 0.1) is 19.8 Å². The predicted molar refractivity (Wildman–Crippen MR) is 56.5 cm³/mol. The number of likely N-dealkylation sites (N-methyl/N-ethyl adjacent to an activating group) is 1. The van der Waals surface area contributed by atoms with E-state index in [0.717, 1.165) is 32.7 Å². The topological polar surface area (TPSA) is 41.9 Å². The van der Waals surface area contributed by atoms with E-state index in [1.807, 2.05) is 0 Å². The lowest BCUT2D eigenvalue weighted by atomic mass is 10.4. The van der Waals surface area contributed by atoms with E-state index in [2.05, 4.69) is 11.8 Å². The van der Waals surface area contributed by atoms with Crippen molar-refractivity contribution in [2.75, 3.05) is 53.2 Å². The summed E-state index contributed by atoms with van der Waals surface area (Å²) in [6.07, 6.45) is 1.01. The van der Waals surface area contributed by atoms with E-state index in [1.54, 1.807) is 7.11 Å². The van der Waals surface area contributed by atoms with Gasteiger partial charge in [0.25, 0.3) is 0 Å². The molecule has 0 saturated carbocycles. The molecule has 0 spiro atoms. The molecule has 0 aliphatic carbocycles. The molecule has 0 aromatic heterocycles. The number of aliphatic hydroxyl groups excluding tert-OH is 1. The van der Waals surface area contributed by atoms with Crippen molar-refractivity contribution in [3.8, 4) is 0 Å². The molecule has 4 heteroatoms. The zero-order valence-corrected chi connectivity index (χ0v) is 9.37. The van der Waals surface area contributed by atoms with Gasteiger partial charge < -0.3 is 19.5 Å². The third-order valence-corrected chi connectivity index (χ3v) is 2.06. The van der Waals surface area contributed by atoms with Crippen LogP contribution in [0.4, 0.5) is 0 Å². The Kier molecular flexibility index (Phi) is 10.8. The van der Waals surface area contributed by atoms with Crippen LogP contribution in [0.3, 0.4) is 0 Å². The fourth-order valence-electron chi connectivity index (χ4n) is 1.20. The Morgan fingerprint density at radius 3 is 2.50 bits per heavy atom. The molecular weight excluding hydrogens is 182 g/mol. The van der Waals surface area contributed by atoms with Crippen molar-refractivity contribution >= 4 is 0 Å². The number of nitrogens with zero attached hydrogens (tertiary/aromatic N) is 1. The lowest BCUT2D eigenvalue weighted by molar-refractivity contribution is 0.0645. The van der Waals surface area contributed by atoms with E-state index in [1.165, 1.54) is 0 Å². The molecule has 0 fully saturated rings. The highest BCUT2D eigenvalue weighted by Gasteiger charge is 1.99. The lowest BCUT2D eigenvalue weighted by Gasteiger charge is -2.18. The Hall–Kier alpha value is -0.160. The second-order valence-electron chi connectivity index (χ2n) is 3.12. The minimum absolute atomic E-state index is 0.234. The minimum atomic E-state index is 0.234. The Bertz CT molecular complexity index is 112. The van der Waals surface area contributed by atoms with Crippen LogP contribution in [0.5, 0.6) is 0 Å². The molecule has 14 heavy (non-hydrogen) atoms. The Morgan fingerprint density at radius 1 is 1.14 bits per heavy atom. The Morgan fingerprint density at radius 2 is 1.93 bits per heavy atom. The van der Waals surface area contributed by atoms with Crippen molar-refractivity contribution in [2.45, 2.75) is 13.3 Å². The summed E-state index contributed by atoms with van der Waals surface area (Å²) in [4.78, 5) is 2.21. The first kappa shape index (κ1) is 13.8. The fraction of sp³-hybridized carbons (Fsp3) is 1.00. The molecule has 4 nitrogen and oxygen atoms in total. The first-order chi connectivity index (χ1) is 6.85. The van der Waals surface area contributed by atoms with Gasteiger partial charge in [0.2, 0.25) is 0 Å². The Balaban J connectivity index is 3.15. The van der Waals surface area contributed by atoms with Crippen LogP contribution < -0.4 is 0 Å². The summed E-state index contributed by atoms with van der Waals surface area (Å²) in [7, 11) is 1.67. The molecule has 0 amide bonds. The zero-order valence-electron chi connectivity index (χ0n) is 9.37. The predicted octanol–water partition coefficient (Wildman–Crippen LogP) is 0.354. The summed E-state index contributed by atoms with van der Waals surface area (Å²) in [6.45, 7) is 7.17. The molecule has 86 valence electrons. The van der Waals surface area contributed by atoms with Crippen molar-refractivity contribution in [1.29, 1.82) is 0 Å². The second-order valence-corrected chi connectivity index (χ2v) is 3.12. The summed E-state index contributed by atoms with van der Waals surface area (Å²) < 4.78 is 10.2. The molecule has 0 aromatic carbocycles. The van der Waals surface area contributed by atoms with Crippen molar-refractivity contribution in [1.82, 2.24) is 4.90 Å². The minimum Gasteiger partial charge on any atom is -0.395 e. The molecule has 0 aromatic rings. The van der Waals surface area contributed by atoms with Crippen molar-refractivity contribution < 1.29 is 14.6 Å². The van der Waals surface area contributed by atoms with Crippen LogP contribution in [0.15, 0.2) is 0 Å². The molecule has 0 heterocycles. The maximum absolute atomic E-state index is 8.75. The largest absolute Gasteiger partial charge is 0.395 e. The first-order valence-corrected chi connectivity index (χ1v) is 5.25. The summed E-state index contributed by atoms with van der Waals surface area (Å²) in [6, 6.07) is 0. The molecule has 0 atom stereocenters. The molecule has 0 aliphatic rings. The highest BCUT2D eigenvalue weighted by atomic mass is 16.5. The van der Waals surface area contributed by atoms with E-state index >= 15 is 0 Å². The van der Waals surface area contributed by atoms with E-state index < -0.39 is 0 Å². The van der Waals surface area contributed by atoms with Crippen LogP contribution >= 0.6 is 0 Å². The van der Waals surface area contributed by atoms with E-state index in [0.29, 0.717) is 13.2 Å². The number of aliphatic hydroxyl groups is 1. The van der Waals surface area contributed by atoms with E-state index in [-0.39, 0.29) is 6.61 Å². The average Bonchev–Trinajstić information content (AvgIpc) is 2.21. The number of ether oxygens (including phenoxy) is 2. The smallest absolute Gasteiger partial charge is 0.0700 e. The number of rotatable bonds is 10. The number of hydrogen-bond acceptors (Lipinski definition) is 4.